The van der Waals surface area contributed by atoms with E-state index in [9.17, 15) is 0 Å². The SMILES string of the molecule is N#Cc1ccsc1Nc1ccccc1. The lowest BCUT2D eigenvalue weighted by Gasteiger charge is -2.02. The summed E-state index contributed by atoms with van der Waals surface area (Å²) in [6, 6.07) is 13.8. The normalized spacial score (nSPS) is 9.36. The van der Waals surface area contributed by atoms with E-state index in [2.05, 4.69) is 11.4 Å². The summed E-state index contributed by atoms with van der Waals surface area (Å²) in [5, 5.41) is 14.8. The van der Waals surface area contributed by atoms with Crippen LogP contribution in [0.2, 0.25) is 0 Å². The molecule has 0 aliphatic heterocycles. The summed E-state index contributed by atoms with van der Waals surface area (Å²) < 4.78 is 0. The Morgan fingerprint density at radius 3 is 2.64 bits per heavy atom. The molecule has 14 heavy (non-hydrogen) atoms. The maximum Gasteiger partial charge on any atom is 0.111 e. The molecule has 0 amide bonds. The van der Waals surface area contributed by atoms with Crippen molar-refractivity contribution in [3.63, 3.8) is 0 Å². The summed E-state index contributed by atoms with van der Waals surface area (Å²) in [6.07, 6.45) is 0. The highest BCUT2D eigenvalue weighted by atomic mass is 32.1. The van der Waals surface area contributed by atoms with Gasteiger partial charge in [-0.1, -0.05) is 18.2 Å². The van der Waals surface area contributed by atoms with Gasteiger partial charge in [0.2, 0.25) is 0 Å². The molecule has 2 aromatic rings. The van der Waals surface area contributed by atoms with Gasteiger partial charge in [-0.05, 0) is 23.6 Å². The van der Waals surface area contributed by atoms with Gasteiger partial charge in [0.25, 0.3) is 0 Å². The van der Waals surface area contributed by atoms with E-state index in [4.69, 9.17) is 5.26 Å². The minimum absolute atomic E-state index is 0.693. The molecule has 68 valence electrons. The number of nitrogens with zero attached hydrogens (tertiary/aromatic N) is 1. The molecule has 0 spiro atoms. The van der Waals surface area contributed by atoms with E-state index in [0.29, 0.717) is 5.56 Å². The summed E-state index contributed by atoms with van der Waals surface area (Å²) in [7, 11) is 0. The van der Waals surface area contributed by atoms with Crippen molar-refractivity contribution in [2.45, 2.75) is 0 Å². The monoisotopic (exact) mass is 200 g/mol. The number of thiophene rings is 1. The second-order valence-corrected chi connectivity index (χ2v) is 3.68. The van der Waals surface area contributed by atoms with Crippen molar-refractivity contribution in [1.29, 1.82) is 5.26 Å². The molecule has 0 fully saturated rings. The minimum Gasteiger partial charge on any atom is -0.346 e. The number of anilines is 2. The third-order valence-electron chi connectivity index (χ3n) is 1.82. The first-order chi connectivity index (χ1) is 6.90. The van der Waals surface area contributed by atoms with Gasteiger partial charge >= 0.3 is 0 Å². The molecule has 1 heterocycles. The Kier molecular flexibility index (Phi) is 2.48. The summed E-state index contributed by atoms with van der Waals surface area (Å²) in [4.78, 5) is 0. The molecule has 2 rings (SSSR count). The van der Waals surface area contributed by atoms with Crippen LogP contribution in [0.3, 0.4) is 0 Å². The van der Waals surface area contributed by atoms with E-state index in [1.165, 1.54) is 11.3 Å². The molecule has 0 saturated heterocycles. The van der Waals surface area contributed by atoms with Gasteiger partial charge in [0, 0.05) is 5.69 Å². The maximum atomic E-state index is 8.80. The summed E-state index contributed by atoms with van der Waals surface area (Å²) >= 11 is 1.54. The zero-order chi connectivity index (χ0) is 9.80. The van der Waals surface area contributed by atoms with E-state index in [1.807, 2.05) is 41.8 Å². The number of para-hydroxylation sites is 1. The maximum absolute atomic E-state index is 8.80. The Morgan fingerprint density at radius 1 is 1.14 bits per heavy atom. The van der Waals surface area contributed by atoms with E-state index in [0.717, 1.165) is 10.7 Å². The highest BCUT2D eigenvalue weighted by Gasteiger charge is 2.02. The van der Waals surface area contributed by atoms with Crippen LogP contribution in [0, 0.1) is 11.3 Å². The number of hydrogen-bond acceptors (Lipinski definition) is 3. The minimum atomic E-state index is 0.693. The van der Waals surface area contributed by atoms with Crippen LogP contribution < -0.4 is 5.32 Å². The molecule has 3 heteroatoms. The highest BCUT2D eigenvalue weighted by molar-refractivity contribution is 7.14. The van der Waals surface area contributed by atoms with Crippen molar-refractivity contribution in [3.8, 4) is 6.07 Å². The third kappa shape index (κ3) is 1.76. The largest absolute Gasteiger partial charge is 0.346 e. The number of nitriles is 1. The first-order valence-corrected chi connectivity index (χ1v) is 5.08. The zero-order valence-electron chi connectivity index (χ0n) is 7.40. The molecule has 0 aliphatic carbocycles. The molecule has 2 nitrogen and oxygen atoms in total. The van der Waals surface area contributed by atoms with Crippen molar-refractivity contribution in [2.75, 3.05) is 5.32 Å². The topological polar surface area (TPSA) is 35.8 Å². The van der Waals surface area contributed by atoms with Crippen LogP contribution in [0.5, 0.6) is 0 Å². The van der Waals surface area contributed by atoms with Gasteiger partial charge in [0.05, 0.1) is 5.56 Å². The van der Waals surface area contributed by atoms with Gasteiger partial charge in [0.15, 0.2) is 0 Å². The second kappa shape index (κ2) is 3.95. The van der Waals surface area contributed by atoms with Crippen molar-refractivity contribution in [2.24, 2.45) is 0 Å². The molecule has 0 unspecified atom stereocenters. The fourth-order valence-electron chi connectivity index (χ4n) is 1.15. The lowest BCUT2D eigenvalue weighted by molar-refractivity contribution is 1.50. The van der Waals surface area contributed by atoms with Crippen molar-refractivity contribution >= 4 is 22.0 Å². The van der Waals surface area contributed by atoms with Gasteiger partial charge in [-0.3, -0.25) is 0 Å². The highest BCUT2D eigenvalue weighted by Crippen LogP contribution is 2.25. The average Bonchev–Trinajstić information content (AvgIpc) is 2.67. The summed E-state index contributed by atoms with van der Waals surface area (Å²) in [5.74, 6) is 0. The molecular formula is C11H8N2S. The van der Waals surface area contributed by atoms with Gasteiger partial charge in [-0.2, -0.15) is 5.26 Å². The van der Waals surface area contributed by atoms with Crippen molar-refractivity contribution in [1.82, 2.24) is 0 Å². The summed E-state index contributed by atoms with van der Waals surface area (Å²) in [6.45, 7) is 0. The Balaban J connectivity index is 2.24. The molecule has 0 atom stereocenters. The Hall–Kier alpha value is -1.79. The van der Waals surface area contributed by atoms with Crippen LogP contribution in [0.25, 0.3) is 0 Å². The van der Waals surface area contributed by atoms with Crippen LogP contribution in [0.15, 0.2) is 41.8 Å². The zero-order valence-corrected chi connectivity index (χ0v) is 8.21. The van der Waals surface area contributed by atoms with Crippen LogP contribution in [0.1, 0.15) is 5.56 Å². The smallest absolute Gasteiger partial charge is 0.111 e. The number of benzene rings is 1. The molecular weight excluding hydrogens is 192 g/mol. The first kappa shape index (κ1) is 8.79. The molecule has 1 N–H and O–H groups in total. The van der Waals surface area contributed by atoms with Crippen LogP contribution in [0.4, 0.5) is 10.7 Å². The Bertz CT molecular complexity index is 454. The Morgan fingerprint density at radius 2 is 1.93 bits per heavy atom. The fourth-order valence-corrected chi connectivity index (χ4v) is 1.90. The molecule has 0 saturated carbocycles. The number of rotatable bonds is 2. The van der Waals surface area contributed by atoms with Crippen LogP contribution in [-0.4, -0.2) is 0 Å². The van der Waals surface area contributed by atoms with Crippen LogP contribution in [-0.2, 0) is 0 Å². The molecule has 0 bridgehead atoms. The van der Waals surface area contributed by atoms with Gasteiger partial charge in [-0.15, -0.1) is 11.3 Å². The summed E-state index contributed by atoms with van der Waals surface area (Å²) in [5.41, 5.74) is 1.70. The molecule has 0 radical (unpaired) electrons. The van der Waals surface area contributed by atoms with Crippen LogP contribution >= 0.6 is 11.3 Å². The quantitative estimate of drug-likeness (QED) is 0.806. The molecule has 1 aromatic heterocycles. The standard InChI is InChI=1S/C11H8N2S/c12-8-9-6-7-14-11(9)13-10-4-2-1-3-5-10/h1-7,13H. The van der Waals surface area contributed by atoms with Crippen molar-refractivity contribution < 1.29 is 0 Å². The van der Waals surface area contributed by atoms with E-state index in [-0.39, 0.29) is 0 Å². The van der Waals surface area contributed by atoms with Crippen molar-refractivity contribution in [3.05, 3.63) is 47.3 Å². The number of nitrogens with one attached hydrogen (secondary N) is 1. The second-order valence-electron chi connectivity index (χ2n) is 2.77. The van der Waals surface area contributed by atoms with Gasteiger partial charge in [0.1, 0.15) is 11.1 Å². The number of hydrogen-bond donors (Lipinski definition) is 1. The Labute approximate surface area is 86.4 Å². The molecule has 0 aliphatic rings. The molecule has 1 aromatic carbocycles. The fraction of sp³-hybridized carbons (Fsp3) is 0. The lowest BCUT2D eigenvalue weighted by Crippen LogP contribution is -1.88. The van der Waals surface area contributed by atoms with E-state index < -0.39 is 0 Å². The first-order valence-electron chi connectivity index (χ1n) is 4.20. The predicted octanol–water partition coefficient (Wildman–Crippen LogP) is 3.36. The lowest BCUT2D eigenvalue weighted by atomic mass is 10.3. The van der Waals surface area contributed by atoms with E-state index in [1.54, 1.807) is 0 Å². The van der Waals surface area contributed by atoms with Gasteiger partial charge < -0.3 is 5.32 Å². The predicted molar refractivity (Wildman–Crippen MR) is 58.8 cm³/mol. The van der Waals surface area contributed by atoms with Gasteiger partial charge in [-0.25, -0.2) is 0 Å². The third-order valence-corrected chi connectivity index (χ3v) is 2.65. The van der Waals surface area contributed by atoms with E-state index >= 15 is 0 Å². The average molecular weight is 200 g/mol.